The van der Waals surface area contributed by atoms with Crippen molar-refractivity contribution in [3.05, 3.63) is 6.07 Å². The van der Waals surface area contributed by atoms with Crippen LogP contribution in [0.2, 0.25) is 0 Å². The monoisotopic (exact) mass is 541 g/mol. The Bertz CT molecular complexity index is 1270. The molecule has 2 aliphatic heterocycles. The van der Waals surface area contributed by atoms with Crippen LogP contribution in [0.15, 0.2) is 6.07 Å². The van der Waals surface area contributed by atoms with Gasteiger partial charge in [0.1, 0.15) is 0 Å². The summed E-state index contributed by atoms with van der Waals surface area (Å²) in [7, 11) is 6.70. The highest BCUT2D eigenvalue weighted by atomic mass is 16.6. The lowest BCUT2D eigenvalue weighted by Crippen LogP contribution is -2.47. The predicted molar refractivity (Wildman–Crippen MR) is 142 cm³/mol. The number of nitrogens with zero attached hydrogens (tertiary/aromatic N) is 5. The Labute approximate surface area is 227 Å². The van der Waals surface area contributed by atoms with Crippen molar-refractivity contribution < 1.29 is 33.3 Å². The Kier molecular flexibility index (Phi) is 7.62. The zero-order valence-corrected chi connectivity index (χ0v) is 22.9. The van der Waals surface area contributed by atoms with Gasteiger partial charge in [-0.15, -0.1) is 10.2 Å². The summed E-state index contributed by atoms with van der Waals surface area (Å²) >= 11 is 0. The molecule has 1 saturated heterocycles. The van der Waals surface area contributed by atoms with E-state index < -0.39 is 11.9 Å². The summed E-state index contributed by atoms with van der Waals surface area (Å²) in [5.74, 6) is -1.11. The SMILES string of the molecule is COc1cc2c(N3CCC(CN(C)C(=O)N(C)C4CCCCC4)CC3)nnc3c2c(c1OC)OC(=O)C(=O)O3. The fourth-order valence-corrected chi connectivity index (χ4v) is 5.90. The van der Waals surface area contributed by atoms with Crippen molar-refractivity contribution in [3.8, 4) is 23.1 Å². The smallest absolute Gasteiger partial charge is 0.424 e. The lowest BCUT2D eigenvalue weighted by atomic mass is 9.94. The van der Waals surface area contributed by atoms with Gasteiger partial charge in [-0.2, -0.15) is 0 Å². The standard InChI is InChI=1S/C27H35N5O7/c1-30(27(35)31(2)17-8-6-5-7-9-17)15-16-10-12-32(13-11-16)23-18-14-19(36-3)21(37-4)22-20(18)24(29-28-23)39-26(34)25(33)38-22/h14,16-17H,5-13,15H2,1-4H3. The number of carbonyl (C=O) groups excluding carboxylic acids is 3. The third-order valence-corrected chi connectivity index (χ3v) is 8.06. The van der Waals surface area contributed by atoms with Crippen LogP contribution >= 0.6 is 0 Å². The van der Waals surface area contributed by atoms with Gasteiger partial charge in [0, 0.05) is 45.2 Å². The third-order valence-electron chi connectivity index (χ3n) is 8.06. The van der Waals surface area contributed by atoms with E-state index in [1.165, 1.54) is 33.5 Å². The number of anilines is 1. The molecule has 0 spiro atoms. The van der Waals surface area contributed by atoms with Gasteiger partial charge in [-0.05, 0) is 37.7 Å². The summed E-state index contributed by atoms with van der Waals surface area (Å²) in [5, 5.41) is 9.36. The fraction of sp³-hybridized carbons (Fsp3) is 0.593. The maximum Gasteiger partial charge on any atom is 0.424 e. The van der Waals surface area contributed by atoms with E-state index in [4.69, 9.17) is 18.9 Å². The predicted octanol–water partition coefficient (Wildman–Crippen LogP) is 3.00. The van der Waals surface area contributed by atoms with Crippen molar-refractivity contribution in [1.29, 1.82) is 0 Å². The second kappa shape index (κ2) is 11.1. The van der Waals surface area contributed by atoms with Gasteiger partial charge in [0.05, 0.1) is 19.6 Å². The van der Waals surface area contributed by atoms with E-state index in [0.717, 1.165) is 25.7 Å². The number of hydrogen-bond acceptors (Lipinski definition) is 10. The van der Waals surface area contributed by atoms with Gasteiger partial charge in [-0.3, -0.25) is 0 Å². The van der Waals surface area contributed by atoms with Gasteiger partial charge < -0.3 is 33.6 Å². The van der Waals surface area contributed by atoms with Gasteiger partial charge in [0.2, 0.25) is 5.75 Å². The number of hydrogen-bond donors (Lipinski definition) is 0. The van der Waals surface area contributed by atoms with Gasteiger partial charge in [-0.25, -0.2) is 14.4 Å². The van der Waals surface area contributed by atoms with Crippen molar-refractivity contribution in [2.75, 3.05) is 52.8 Å². The molecule has 1 aromatic heterocycles. The van der Waals surface area contributed by atoms with Crippen LogP contribution < -0.4 is 23.8 Å². The molecule has 3 heterocycles. The van der Waals surface area contributed by atoms with Crippen LogP contribution in [0, 0.1) is 5.92 Å². The third kappa shape index (κ3) is 5.11. The number of aromatic nitrogens is 2. The van der Waals surface area contributed by atoms with Crippen molar-refractivity contribution in [2.45, 2.75) is 51.0 Å². The molecule has 0 atom stereocenters. The van der Waals surface area contributed by atoms with E-state index in [0.29, 0.717) is 53.9 Å². The van der Waals surface area contributed by atoms with Crippen LogP contribution in [0.3, 0.4) is 0 Å². The summed E-state index contributed by atoms with van der Waals surface area (Å²) in [6, 6.07) is 2.14. The zero-order chi connectivity index (χ0) is 27.7. The number of carbonyl (C=O) groups is 3. The fourth-order valence-electron chi connectivity index (χ4n) is 5.90. The van der Waals surface area contributed by atoms with Crippen LogP contribution in [-0.4, -0.2) is 92.0 Å². The normalized spacial score (nSPS) is 18.3. The molecule has 0 radical (unpaired) electrons. The summed E-state index contributed by atoms with van der Waals surface area (Å²) in [5.41, 5.74) is 0. The van der Waals surface area contributed by atoms with E-state index in [-0.39, 0.29) is 23.4 Å². The Balaban J connectivity index is 1.33. The van der Waals surface area contributed by atoms with Gasteiger partial charge in [-0.1, -0.05) is 19.3 Å². The molecule has 12 heteroatoms. The van der Waals surface area contributed by atoms with Gasteiger partial charge in [0.15, 0.2) is 17.3 Å². The summed E-state index contributed by atoms with van der Waals surface area (Å²) in [4.78, 5) is 43.2. The number of urea groups is 1. The van der Waals surface area contributed by atoms with Crippen molar-refractivity contribution in [3.63, 3.8) is 0 Å². The van der Waals surface area contributed by atoms with Crippen molar-refractivity contribution in [2.24, 2.45) is 5.92 Å². The van der Waals surface area contributed by atoms with Crippen LogP contribution in [0.1, 0.15) is 44.9 Å². The van der Waals surface area contributed by atoms with Gasteiger partial charge in [0.25, 0.3) is 5.88 Å². The van der Waals surface area contributed by atoms with Crippen molar-refractivity contribution in [1.82, 2.24) is 20.0 Å². The van der Waals surface area contributed by atoms with E-state index >= 15 is 0 Å². The first-order valence-electron chi connectivity index (χ1n) is 13.4. The van der Waals surface area contributed by atoms with E-state index in [1.54, 1.807) is 6.07 Å². The Morgan fingerprint density at radius 3 is 2.36 bits per heavy atom. The van der Waals surface area contributed by atoms with E-state index in [9.17, 15) is 14.4 Å². The molecule has 5 rings (SSSR count). The first kappa shape index (κ1) is 26.8. The van der Waals surface area contributed by atoms with Crippen LogP contribution in [0.5, 0.6) is 23.1 Å². The highest BCUT2D eigenvalue weighted by molar-refractivity contribution is 6.32. The summed E-state index contributed by atoms with van der Waals surface area (Å²) in [6.45, 7) is 2.07. The molecule has 12 nitrogen and oxygen atoms in total. The lowest BCUT2D eigenvalue weighted by molar-refractivity contribution is -0.155. The molecule has 210 valence electrons. The number of methoxy groups -OCH3 is 2. The molecule has 0 bridgehead atoms. The number of ether oxygens (including phenoxy) is 4. The lowest BCUT2D eigenvalue weighted by Gasteiger charge is -2.37. The molecular weight excluding hydrogens is 506 g/mol. The molecule has 0 unspecified atom stereocenters. The van der Waals surface area contributed by atoms with E-state index in [1.807, 2.05) is 23.9 Å². The average Bonchev–Trinajstić information content (AvgIpc) is 3.09. The van der Waals surface area contributed by atoms with E-state index in [2.05, 4.69) is 15.1 Å². The zero-order valence-electron chi connectivity index (χ0n) is 22.9. The topological polar surface area (TPSA) is 124 Å². The number of rotatable bonds is 6. The van der Waals surface area contributed by atoms with Crippen LogP contribution in [-0.2, 0) is 9.59 Å². The molecule has 1 aliphatic carbocycles. The Hall–Kier alpha value is -3.83. The molecular formula is C27H35N5O7. The summed E-state index contributed by atoms with van der Waals surface area (Å²) in [6.07, 6.45) is 7.52. The minimum absolute atomic E-state index is 0.00552. The number of benzene rings is 1. The quantitative estimate of drug-likeness (QED) is 0.306. The average molecular weight is 542 g/mol. The maximum absolute atomic E-state index is 13.1. The van der Waals surface area contributed by atoms with Crippen molar-refractivity contribution >= 4 is 34.6 Å². The minimum Gasteiger partial charge on any atom is -0.493 e. The molecule has 1 saturated carbocycles. The van der Waals surface area contributed by atoms with Crippen LogP contribution in [0.4, 0.5) is 10.6 Å². The molecule has 2 amide bonds. The minimum atomic E-state index is -1.19. The second-order valence-electron chi connectivity index (χ2n) is 10.5. The highest BCUT2D eigenvalue weighted by Gasteiger charge is 2.35. The molecule has 2 fully saturated rings. The second-order valence-corrected chi connectivity index (χ2v) is 10.5. The Morgan fingerprint density at radius 2 is 1.69 bits per heavy atom. The van der Waals surface area contributed by atoms with Gasteiger partial charge >= 0.3 is 18.0 Å². The largest absolute Gasteiger partial charge is 0.493 e. The maximum atomic E-state index is 13.1. The number of amides is 2. The molecule has 3 aliphatic rings. The molecule has 2 aromatic rings. The first-order chi connectivity index (χ1) is 18.8. The van der Waals surface area contributed by atoms with Crippen LogP contribution in [0.25, 0.3) is 10.8 Å². The number of esters is 2. The summed E-state index contributed by atoms with van der Waals surface area (Å²) < 4.78 is 21.4. The number of piperidine rings is 1. The molecule has 1 aromatic carbocycles. The highest BCUT2D eigenvalue weighted by Crippen LogP contribution is 2.49. The Morgan fingerprint density at radius 1 is 1.00 bits per heavy atom. The molecule has 0 N–H and O–H groups in total. The first-order valence-corrected chi connectivity index (χ1v) is 13.4. The molecule has 39 heavy (non-hydrogen) atoms.